The van der Waals surface area contributed by atoms with Gasteiger partial charge >= 0.3 is 0 Å². The number of nitrogens with one attached hydrogen (secondary N) is 1. The topological polar surface area (TPSA) is 93.7 Å². The molecule has 0 atom stereocenters. The second-order valence-corrected chi connectivity index (χ2v) is 11.3. The van der Waals surface area contributed by atoms with E-state index in [0.717, 1.165) is 90.6 Å². The number of likely N-dealkylation sites (N-methyl/N-ethyl adjacent to an activating group) is 1. The molecule has 3 aromatic heterocycles. The van der Waals surface area contributed by atoms with Crippen LogP contribution in [-0.2, 0) is 16.0 Å². The van der Waals surface area contributed by atoms with Gasteiger partial charge in [-0.2, -0.15) is 5.10 Å². The summed E-state index contributed by atoms with van der Waals surface area (Å²) in [4.78, 5) is 32.3. The first-order valence-corrected chi connectivity index (χ1v) is 14.1. The van der Waals surface area contributed by atoms with Gasteiger partial charge in [-0.3, -0.25) is 14.8 Å². The molecule has 6 rings (SSSR count). The van der Waals surface area contributed by atoms with E-state index in [9.17, 15) is 4.79 Å². The first kappa shape index (κ1) is 25.2. The molecule has 38 heavy (non-hydrogen) atoms. The molecule has 4 aromatic rings. The van der Waals surface area contributed by atoms with Crippen molar-refractivity contribution >= 4 is 44.2 Å². The zero-order chi connectivity index (χ0) is 26.1. The van der Waals surface area contributed by atoms with Crippen LogP contribution in [0.4, 0.5) is 5.82 Å². The number of morpholine rings is 1. The van der Waals surface area contributed by atoms with Crippen molar-refractivity contribution in [2.45, 2.75) is 6.42 Å². The van der Waals surface area contributed by atoms with Gasteiger partial charge in [0.25, 0.3) is 0 Å². The highest BCUT2D eigenvalue weighted by Gasteiger charge is 2.23. The van der Waals surface area contributed by atoms with Crippen LogP contribution < -0.4 is 4.90 Å². The predicted octanol–water partition coefficient (Wildman–Crippen LogP) is 2.32. The molecule has 0 saturated carbocycles. The van der Waals surface area contributed by atoms with Crippen LogP contribution in [0.15, 0.2) is 30.5 Å². The summed E-state index contributed by atoms with van der Waals surface area (Å²) in [6.07, 6.45) is 2.83. The fraction of sp³-hybridized carbons (Fsp3) is 0.481. The molecule has 0 radical (unpaired) electrons. The number of benzene rings is 1. The number of thiophene rings is 1. The van der Waals surface area contributed by atoms with E-state index in [1.165, 1.54) is 4.88 Å². The lowest BCUT2D eigenvalue weighted by Gasteiger charge is -2.34. The molecule has 2 aliphatic rings. The van der Waals surface area contributed by atoms with Crippen molar-refractivity contribution in [1.29, 1.82) is 0 Å². The van der Waals surface area contributed by atoms with Crippen LogP contribution in [0.5, 0.6) is 0 Å². The third-order valence-corrected chi connectivity index (χ3v) is 8.62. The van der Waals surface area contributed by atoms with Crippen LogP contribution in [-0.4, -0.2) is 120 Å². The Kier molecular flexibility index (Phi) is 7.24. The normalized spacial score (nSPS) is 17.5. The zero-order valence-corrected chi connectivity index (χ0v) is 22.8. The number of hydrogen-bond acceptors (Lipinski definition) is 9. The van der Waals surface area contributed by atoms with Gasteiger partial charge in [0, 0.05) is 75.7 Å². The fourth-order valence-electron chi connectivity index (χ4n) is 5.13. The van der Waals surface area contributed by atoms with Gasteiger partial charge in [0.15, 0.2) is 11.6 Å². The number of amides is 1. The van der Waals surface area contributed by atoms with Gasteiger partial charge in [0.05, 0.1) is 41.7 Å². The number of aromatic amines is 1. The maximum absolute atomic E-state index is 12.0. The molecular weight excluding hydrogens is 500 g/mol. The largest absolute Gasteiger partial charge is 0.378 e. The van der Waals surface area contributed by atoms with E-state index in [0.29, 0.717) is 19.8 Å². The SMILES string of the molecule is CN(C)C(=O)CN1CCN(CCc2cc3nc(-c4cccc5[nH]ncc45)nc(N4CCOCC4)c3s2)CC1. The third-order valence-electron chi connectivity index (χ3n) is 7.44. The number of anilines is 1. The number of ether oxygens (including phenoxy) is 1. The van der Waals surface area contributed by atoms with Crippen molar-refractivity contribution in [1.82, 2.24) is 34.9 Å². The van der Waals surface area contributed by atoms with Gasteiger partial charge in [0.1, 0.15) is 0 Å². The molecule has 0 aliphatic carbocycles. The first-order chi connectivity index (χ1) is 18.5. The molecule has 0 bridgehead atoms. The minimum Gasteiger partial charge on any atom is -0.378 e. The Bertz CT molecular complexity index is 1420. The van der Waals surface area contributed by atoms with Gasteiger partial charge in [0.2, 0.25) is 5.91 Å². The molecule has 10 nitrogen and oxygen atoms in total. The van der Waals surface area contributed by atoms with Crippen LogP contribution in [0.3, 0.4) is 0 Å². The third kappa shape index (κ3) is 5.24. The van der Waals surface area contributed by atoms with Gasteiger partial charge in [-0.15, -0.1) is 11.3 Å². The highest BCUT2D eigenvalue weighted by atomic mass is 32.1. The summed E-state index contributed by atoms with van der Waals surface area (Å²) in [5, 5.41) is 8.32. The van der Waals surface area contributed by atoms with Gasteiger partial charge in [-0.25, -0.2) is 9.97 Å². The number of nitrogens with zero attached hydrogens (tertiary/aromatic N) is 7. The van der Waals surface area contributed by atoms with Crippen LogP contribution in [0.2, 0.25) is 0 Å². The molecular formula is C27H34N8O2S. The summed E-state index contributed by atoms with van der Waals surface area (Å²) in [6.45, 7) is 8.43. The molecule has 11 heteroatoms. The average Bonchev–Trinajstić information content (AvgIpc) is 3.59. The highest BCUT2D eigenvalue weighted by molar-refractivity contribution is 7.19. The number of fused-ring (bicyclic) bond motifs is 2. The van der Waals surface area contributed by atoms with Crippen molar-refractivity contribution in [3.8, 4) is 11.4 Å². The Hall–Kier alpha value is -3.12. The van der Waals surface area contributed by atoms with Crippen LogP contribution >= 0.6 is 11.3 Å². The van der Waals surface area contributed by atoms with Crippen LogP contribution in [0.25, 0.3) is 32.5 Å². The van der Waals surface area contributed by atoms with Gasteiger partial charge < -0.3 is 19.4 Å². The Morgan fingerprint density at radius 1 is 1.08 bits per heavy atom. The van der Waals surface area contributed by atoms with E-state index in [2.05, 4.69) is 37.0 Å². The number of piperazine rings is 1. The summed E-state index contributed by atoms with van der Waals surface area (Å²) in [5.74, 6) is 1.91. The molecule has 2 aliphatic heterocycles. The number of rotatable bonds is 7. The van der Waals surface area contributed by atoms with Crippen molar-refractivity contribution < 1.29 is 9.53 Å². The van der Waals surface area contributed by atoms with E-state index in [1.54, 1.807) is 4.90 Å². The van der Waals surface area contributed by atoms with Crippen molar-refractivity contribution in [3.63, 3.8) is 0 Å². The summed E-state index contributed by atoms with van der Waals surface area (Å²) >= 11 is 1.81. The molecule has 1 amide bonds. The Balaban J connectivity index is 1.22. The van der Waals surface area contributed by atoms with E-state index < -0.39 is 0 Å². The summed E-state index contributed by atoms with van der Waals surface area (Å²) < 4.78 is 6.77. The molecule has 1 N–H and O–H groups in total. The minimum absolute atomic E-state index is 0.171. The minimum atomic E-state index is 0.171. The fourth-order valence-corrected chi connectivity index (χ4v) is 6.23. The maximum Gasteiger partial charge on any atom is 0.236 e. The summed E-state index contributed by atoms with van der Waals surface area (Å²) in [7, 11) is 3.64. The molecule has 2 fully saturated rings. The molecule has 1 aromatic carbocycles. The second-order valence-electron chi connectivity index (χ2n) is 10.2. The summed E-state index contributed by atoms with van der Waals surface area (Å²) in [5.41, 5.74) is 2.98. The molecule has 5 heterocycles. The zero-order valence-electron chi connectivity index (χ0n) is 22.0. The Morgan fingerprint density at radius 3 is 2.66 bits per heavy atom. The van der Waals surface area contributed by atoms with Crippen molar-refractivity contribution in [3.05, 3.63) is 35.3 Å². The quantitative estimate of drug-likeness (QED) is 0.386. The van der Waals surface area contributed by atoms with Crippen LogP contribution in [0, 0.1) is 0 Å². The number of hydrogen-bond donors (Lipinski definition) is 1. The van der Waals surface area contributed by atoms with Gasteiger partial charge in [-0.1, -0.05) is 12.1 Å². The van der Waals surface area contributed by atoms with E-state index in [-0.39, 0.29) is 5.91 Å². The average molecular weight is 535 g/mol. The van der Waals surface area contributed by atoms with Gasteiger partial charge in [-0.05, 0) is 18.6 Å². The standard InChI is InChI=1S/C27H34N8O2S/c1-32(2)24(36)18-34-10-8-33(9-11-34)7-6-19-16-23-25(38-19)27(35-12-14-37-15-13-35)30-26(29-23)20-4-3-5-22-21(20)17-28-31-22/h3-5,16-17H,6-15,18H2,1-2H3,(H,28,31). The number of aromatic nitrogens is 4. The lowest BCUT2D eigenvalue weighted by atomic mass is 10.1. The first-order valence-electron chi connectivity index (χ1n) is 13.3. The lowest BCUT2D eigenvalue weighted by Crippen LogP contribution is -2.49. The molecule has 2 saturated heterocycles. The highest BCUT2D eigenvalue weighted by Crippen LogP contribution is 2.36. The second kappa shape index (κ2) is 10.9. The Labute approximate surface area is 226 Å². The smallest absolute Gasteiger partial charge is 0.236 e. The van der Waals surface area contributed by atoms with Crippen molar-refractivity contribution in [2.24, 2.45) is 0 Å². The monoisotopic (exact) mass is 534 g/mol. The summed E-state index contributed by atoms with van der Waals surface area (Å²) in [6, 6.07) is 8.36. The maximum atomic E-state index is 12.0. The van der Waals surface area contributed by atoms with E-state index >= 15 is 0 Å². The number of H-pyrrole nitrogens is 1. The number of carbonyl (C=O) groups excluding carboxylic acids is 1. The van der Waals surface area contributed by atoms with Crippen molar-refractivity contribution in [2.75, 3.05) is 84.6 Å². The molecule has 0 spiro atoms. The molecule has 200 valence electrons. The molecule has 0 unspecified atom stereocenters. The lowest BCUT2D eigenvalue weighted by molar-refractivity contribution is -0.130. The van der Waals surface area contributed by atoms with Crippen LogP contribution in [0.1, 0.15) is 4.88 Å². The number of carbonyl (C=O) groups is 1. The van der Waals surface area contributed by atoms with E-state index in [1.807, 2.05) is 43.8 Å². The van der Waals surface area contributed by atoms with E-state index in [4.69, 9.17) is 14.7 Å². The Morgan fingerprint density at radius 2 is 1.87 bits per heavy atom. The predicted molar refractivity (Wildman–Crippen MR) is 151 cm³/mol.